The Morgan fingerprint density at radius 2 is 0.960 bits per heavy atom. The maximum absolute atomic E-state index is 11.3. The predicted molar refractivity (Wildman–Crippen MR) is 99.6 cm³/mol. The van der Waals surface area contributed by atoms with Crippen molar-refractivity contribution in [2.24, 2.45) is 11.8 Å². The fraction of sp³-hybridized carbons (Fsp3) is 0.900. The zero-order valence-corrected chi connectivity index (χ0v) is 16.7. The molecule has 0 bridgehead atoms. The minimum absolute atomic E-state index is 0.281. The van der Waals surface area contributed by atoms with Gasteiger partial charge in [-0.05, 0) is 24.7 Å². The summed E-state index contributed by atoms with van der Waals surface area (Å²) >= 11 is 0. The molecular weight excluding hydrogens is 320 g/mol. The van der Waals surface area contributed by atoms with Crippen molar-refractivity contribution in [3.8, 4) is 0 Å². The molecule has 0 aliphatic carbocycles. The van der Waals surface area contributed by atoms with Crippen LogP contribution >= 0.6 is 0 Å². The fourth-order valence-electron chi connectivity index (χ4n) is 2.45. The molecule has 0 fully saturated rings. The molecule has 0 unspecified atom stereocenters. The molecule has 0 saturated carbocycles. The highest BCUT2D eigenvalue weighted by atomic mass is 16.8. The Hall–Kier alpha value is -1.26. The largest absolute Gasteiger partial charge is 0.518 e. The van der Waals surface area contributed by atoms with E-state index >= 15 is 0 Å². The lowest BCUT2D eigenvalue weighted by Crippen LogP contribution is -2.16. The maximum Gasteiger partial charge on any atom is 0.518 e. The Morgan fingerprint density at radius 3 is 1.32 bits per heavy atom. The van der Waals surface area contributed by atoms with Gasteiger partial charge in [-0.15, -0.1) is 0 Å². The smallest absolute Gasteiger partial charge is 0.434 e. The van der Waals surface area contributed by atoms with Gasteiger partial charge in [-0.3, -0.25) is 0 Å². The lowest BCUT2D eigenvalue weighted by molar-refractivity contribution is 0.0353. The molecule has 5 heteroatoms. The molecule has 0 aromatic carbocycles. The third kappa shape index (κ3) is 18.9. The van der Waals surface area contributed by atoms with Crippen molar-refractivity contribution in [1.29, 1.82) is 0 Å². The van der Waals surface area contributed by atoms with Crippen molar-refractivity contribution in [2.45, 2.75) is 91.9 Å². The summed E-state index contributed by atoms with van der Waals surface area (Å²) in [5.41, 5.74) is 0. The van der Waals surface area contributed by atoms with E-state index in [0.29, 0.717) is 0 Å². The van der Waals surface area contributed by atoms with Gasteiger partial charge in [-0.2, -0.15) is 0 Å². The highest BCUT2D eigenvalue weighted by Gasteiger charge is 2.12. The molecule has 0 N–H and O–H groups in total. The molecule has 0 spiro atoms. The topological polar surface area (TPSA) is 61.8 Å². The van der Waals surface area contributed by atoms with Crippen molar-refractivity contribution < 1.29 is 23.8 Å². The van der Waals surface area contributed by atoms with Gasteiger partial charge in [0, 0.05) is 0 Å². The van der Waals surface area contributed by atoms with Crippen molar-refractivity contribution >= 4 is 12.3 Å². The van der Waals surface area contributed by atoms with E-state index in [1.54, 1.807) is 0 Å². The van der Waals surface area contributed by atoms with Gasteiger partial charge in [-0.1, -0.05) is 79.1 Å². The van der Waals surface area contributed by atoms with E-state index < -0.39 is 12.3 Å². The monoisotopic (exact) mass is 358 g/mol. The second-order valence-electron chi connectivity index (χ2n) is 7.49. The van der Waals surface area contributed by atoms with E-state index in [-0.39, 0.29) is 13.2 Å². The van der Waals surface area contributed by atoms with E-state index in [4.69, 9.17) is 9.47 Å². The first-order valence-corrected chi connectivity index (χ1v) is 9.93. The first-order valence-electron chi connectivity index (χ1n) is 9.93. The molecule has 5 nitrogen and oxygen atoms in total. The van der Waals surface area contributed by atoms with E-state index in [1.807, 2.05) is 0 Å². The first-order chi connectivity index (χ1) is 11.9. The van der Waals surface area contributed by atoms with Crippen molar-refractivity contribution in [2.75, 3.05) is 13.2 Å². The Balaban J connectivity index is 3.40. The highest BCUT2D eigenvalue weighted by molar-refractivity contribution is 5.76. The summed E-state index contributed by atoms with van der Waals surface area (Å²) in [6, 6.07) is 0. The van der Waals surface area contributed by atoms with E-state index in [9.17, 15) is 9.59 Å². The average molecular weight is 359 g/mol. The van der Waals surface area contributed by atoms with Crippen LogP contribution in [0, 0.1) is 11.8 Å². The zero-order chi connectivity index (χ0) is 18.9. The molecule has 0 heterocycles. The average Bonchev–Trinajstić information content (AvgIpc) is 2.52. The Bertz CT molecular complexity index is 307. The minimum Gasteiger partial charge on any atom is -0.434 e. The highest BCUT2D eigenvalue weighted by Crippen LogP contribution is 2.10. The number of carbonyl (C=O) groups is 2. The first kappa shape index (κ1) is 23.7. The van der Waals surface area contributed by atoms with Gasteiger partial charge >= 0.3 is 12.3 Å². The molecule has 25 heavy (non-hydrogen) atoms. The van der Waals surface area contributed by atoms with Crippen LogP contribution in [0.2, 0.25) is 0 Å². The van der Waals surface area contributed by atoms with Gasteiger partial charge in [0.1, 0.15) is 0 Å². The summed E-state index contributed by atoms with van der Waals surface area (Å²) in [7, 11) is 0. The molecule has 0 aromatic rings. The van der Waals surface area contributed by atoms with Gasteiger partial charge in [0.05, 0.1) is 13.2 Å². The van der Waals surface area contributed by atoms with E-state index in [2.05, 4.69) is 32.4 Å². The molecule has 0 aromatic heterocycles. The standard InChI is InChI=1S/C20H38O5/c1-17(2)13-9-5-7-11-15-23-19(21)25-20(22)24-16-12-8-6-10-14-18(3)4/h17-18H,5-16H2,1-4H3. The Labute approximate surface area is 153 Å². The molecule has 0 aliphatic rings. The second-order valence-corrected chi connectivity index (χ2v) is 7.49. The fourth-order valence-corrected chi connectivity index (χ4v) is 2.45. The summed E-state index contributed by atoms with van der Waals surface area (Å²) < 4.78 is 14.2. The van der Waals surface area contributed by atoms with Crippen LogP contribution in [0.1, 0.15) is 91.9 Å². The van der Waals surface area contributed by atoms with Crippen LogP contribution in [-0.4, -0.2) is 25.5 Å². The quantitative estimate of drug-likeness (QED) is 0.202. The number of unbranched alkanes of at least 4 members (excludes halogenated alkanes) is 6. The normalized spacial score (nSPS) is 11.0. The summed E-state index contributed by atoms with van der Waals surface area (Å²) in [6.45, 7) is 9.42. The number of carbonyl (C=O) groups excluding carboxylic acids is 2. The summed E-state index contributed by atoms with van der Waals surface area (Å²) in [5, 5.41) is 0. The zero-order valence-electron chi connectivity index (χ0n) is 16.7. The second kappa shape index (κ2) is 16.2. The van der Waals surface area contributed by atoms with Crippen molar-refractivity contribution in [1.82, 2.24) is 0 Å². The lowest BCUT2D eigenvalue weighted by atomic mass is 10.0. The van der Waals surface area contributed by atoms with Crippen LogP contribution in [-0.2, 0) is 14.2 Å². The number of ether oxygens (including phenoxy) is 3. The van der Waals surface area contributed by atoms with Gasteiger partial charge in [-0.25, -0.2) is 9.59 Å². The molecule has 148 valence electrons. The SMILES string of the molecule is CC(C)CCCCCCOC(=O)OC(=O)OCCCCCCC(C)C. The summed E-state index contributed by atoms with van der Waals surface area (Å²) in [6.07, 6.45) is 8.80. The molecule has 0 rings (SSSR count). The van der Waals surface area contributed by atoms with Gasteiger partial charge < -0.3 is 14.2 Å². The predicted octanol–water partition coefficient (Wildman–Crippen LogP) is 6.49. The molecule has 0 radical (unpaired) electrons. The van der Waals surface area contributed by atoms with Crippen LogP contribution in [0.25, 0.3) is 0 Å². The Kier molecular flexibility index (Phi) is 15.4. The lowest BCUT2D eigenvalue weighted by Gasteiger charge is -2.07. The van der Waals surface area contributed by atoms with E-state index in [1.165, 1.54) is 25.7 Å². The van der Waals surface area contributed by atoms with Gasteiger partial charge in [0.15, 0.2) is 0 Å². The van der Waals surface area contributed by atoms with Gasteiger partial charge in [0.2, 0.25) is 0 Å². The van der Waals surface area contributed by atoms with Crippen LogP contribution in [0.4, 0.5) is 9.59 Å². The third-order valence-electron chi connectivity index (χ3n) is 3.96. The molecule has 0 atom stereocenters. The van der Waals surface area contributed by atoms with Crippen molar-refractivity contribution in [3.63, 3.8) is 0 Å². The molecule has 0 amide bonds. The maximum atomic E-state index is 11.3. The van der Waals surface area contributed by atoms with Crippen LogP contribution in [0.15, 0.2) is 0 Å². The molecule has 0 aliphatic heterocycles. The van der Waals surface area contributed by atoms with Crippen LogP contribution in [0.5, 0.6) is 0 Å². The van der Waals surface area contributed by atoms with Crippen LogP contribution in [0.3, 0.4) is 0 Å². The Morgan fingerprint density at radius 1 is 0.600 bits per heavy atom. The molecular formula is C20H38O5. The van der Waals surface area contributed by atoms with E-state index in [0.717, 1.165) is 50.4 Å². The third-order valence-corrected chi connectivity index (χ3v) is 3.96. The van der Waals surface area contributed by atoms with Crippen LogP contribution < -0.4 is 0 Å². The summed E-state index contributed by atoms with van der Waals surface area (Å²) in [4.78, 5) is 22.6. The minimum atomic E-state index is -0.968. The van der Waals surface area contributed by atoms with Crippen molar-refractivity contribution in [3.05, 3.63) is 0 Å². The number of hydrogen-bond donors (Lipinski definition) is 0. The number of rotatable bonds is 14. The molecule has 0 saturated heterocycles. The number of hydrogen-bond acceptors (Lipinski definition) is 5. The van der Waals surface area contributed by atoms with Gasteiger partial charge in [0.25, 0.3) is 0 Å². The summed E-state index contributed by atoms with van der Waals surface area (Å²) in [5.74, 6) is 1.47.